The van der Waals surface area contributed by atoms with Crippen molar-refractivity contribution in [2.45, 2.75) is 51.9 Å². The van der Waals surface area contributed by atoms with Crippen LogP contribution in [-0.4, -0.2) is 47.9 Å². The van der Waals surface area contributed by atoms with Crippen LogP contribution in [0.5, 0.6) is 5.75 Å². The van der Waals surface area contributed by atoms with Gasteiger partial charge in [0.15, 0.2) is 0 Å². The van der Waals surface area contributed by atoms with Crippen LogP contribution in [0.2, 0.25) is 5.02 Å². The summed E-state index contributed by atoms with van der Waals surface area (Å²) in [7, 11) is 0. The van der Waals surface area contributed by atoms with Crippen LogP contribution in [0.15, 0.2) is 36.4 Å². The molecule has 27 heavy (non-hydrogen) atoms. The van der Waals surface area contributed by atoms with Crippen LogP contribution >= 0.6 is 11.6 Å². The maximum Gasteiger partial charge on any atom is 0.410 e. The van der Waals surface area contributed by atoms with E-state index in [0.29, 0.717) is 30.3 Å². The SMILES string of the molecule is CCOC(=O)/C=C/[C@@H]1C[C@@H](Oc2cccc(Cl)c2)CN1C(=O)OC(C)(C)C. The first kappa shape index (κ1) is 21.1. The van der Waals surface area contributed by atoms with Gasteiger partial charge in [-0.1, -0.05) is 23.7 Å². The quantitative estimate of drug-likeness (QED) is 0.551. The Hall–Kier alpha value is -2.21. The van der Waals surface area contributed by atoms with E-state index in [1.165, 1.54) is 6.08 Å². The lowest BCUT2D eigenvalue weighted by Crippen LogP contribution is -2.39. The predicted molar refractivity (Wildman–Crippen MR) is 103 cm³/mol. The highest BCUT2D eigenvalue weighted by atomic mass is 35.5. The Kier molecular flexibility index (Phi) is 7.13. The second-order valence-corrected chi connectivity index (χ2v) is 7.68. The van der Waals surface area contributed by atoms with Gasteiger partial charge in [0.1, 0.15) is 17.5 Å². The number of hydrogen-bond acceptors (Lipinski definition) is 5. The van der Waals surface area contributed by atoms with Crippen LogP contribution in [0.1, 0.15) is 34.1 Å². The summed E-state index contributed by atoms with van der Waals surface area (Å²) >= 11 is 6.00. The third-order valence-corrected chi connectivity index (χ3v) is 4.01. The summed E-state index contributed by atoms with van der Waals surface area (Å²) in [5.74, 6) is 0.188. The van der Waals surface area contributed by atoms with E-state index < -0.39 is 17.7 Å². The molecular weight excluding hydrogens is 370 g/mol. The second kappa shape index (κ2) is 9.13. The average Bonchev–Trinajstić information content (AvgIpc) is 2.94. The third-order valence-electron chi connectivity index (χ3n) is 3.77. The number of rotatable bonds is 5. The van der Waals surface area contributed by atoms with Gasteiger partial charge in [-0.05, 0) is 45.9 Å². The van der Waals surface area contributed by atoms with Crippen LogP contribution in [-0.2, 0) is 14.3 Å². The van der Waals surface area contributed by atoms with Crippen LogP contribution in [0.3, 0.4) is 0 Å². The molecule has 0 bridgehead atoms. The van der Waals surface area contributed by atoms with Gasteiger partial charge in [0.05, 0.1) is 19.2 Å². The fraction of sp³-hybridized carbons (Fsp3) is 0.500. The zero-order valence-corrected chi connectivity index (χ0v) is 16.9. The van der Waals surface area contributed by atoms with Crippen molar-refractivity contribution >= 4 is 23.7 Å². The molecule has 6 nitrogen and oxygen atoms in total. The van der Waals surface area contributed by atoms with Gasteiger partial charge in [-0.15, -0.1) is 0 Å². The van der Waals surface area contributed by atoms with Crippen molar-refractivity contribution in [3.63, 3.8) is 0 Å². The van der Waals surface area contributed by atoms with E-state index in [9.17, 15) is 9.59 Å². The van der Waals surface area contributed by atoms with Crippen LogP contribution in [0, 0.1) is 0 Å². The summed E-state index contributed by atoms with van der Waals surface area (Å²) < 4.78 is 16.4. The lowest BCUT2D eigenvalue weighted by Gasteiger charge is -2.27. The minimum atomic E-state index is -0.613. The van der Waals surface area contributed by atoms with E-state index in [1.54, 1.807) is 36.1 Å². The van der Waals surface area contributed by atoms with Gasteiger partial charge in [0, 0.05) is 17.5 Å². The number of hydrogen-bond donors (Lipinski definition) is 0. The molecule has 0 aromatic heterocycles. The summed E-state index contributed by atoms with van der Waals surface area (Å²) in [4.78, 5) is 25.8. The summed E-state index contributed by atoms with van der Waals surface area (Å²) in [5, 5.41) is 0.577. The summed E-state index contributed by atoms with van der Waals surface area (Å²) in [6.07, 6.45) is 2.84. The molecule has 1 amide bonds. The summed E-state index contributed by atoms with van der Waals surface area (Å²) in [6.45, 7) is 7.81. The Morgan fingerprint density at radius 2 is 2.07 bits per heavy atom. The van der Waals surface area contributed by atoms with Gasteiger partial charge in [-0.25, -0.2) is 9.59 Å². The maximum absolute atomic E-state index is 12.6. The molecule has 1 saturated heterocycles. The number of carbonyl (C=O) groups excluding carboxylic acids is 2. The number of benzene rings is 1. The predicted octanol–water partition coefficient (Wildman–Crippen LogP) is 4.22. The lowest BCUT2D eigenvalue weighted by atomic mass is 10.2. The zero-order valence-electron chi connectivity index (χ0n) is 16.1. The number of halogens is 1. The molecule has 7 heteroatoms. The van der Waals surface area contributed by atoms with E-state index in [-0.39, 0.29) is 12.1 Å². The molecule has 1 aromatic rings. The van der Waals surface area contributed by atoms with Gasteiger partial charge >= 0.3 is 12.1 Å². The number of nitrogens with zero attached hydrogens (tertiary/aromatic N) is 1. The van der Waals surface area contributed by atoms with Gasteiger partial charge in [-0.3, -0.25) is 4.90 Å². The molecular formula is C20H26ClNO5. The van der Waals surface area contributed by atoms with Crippen LogP contribution in [0.4, 0.5) is 4.79 Å². The molecule has 2 rings (SSSR count). The Morgan fingerprint density at radius 1 is 1.33 bits per heavy atom. The molecule has 1 heterocycles. The third kappa shape index (κ3) is 6.79. The van der Waals surface area contributed by atoms with Crippen molar-refractivity contribution < 1.29 is 23.8 Å². The maximum atomic E-state index is 12.6. The molecule has 1 fully saturated rings. The van der Waals surface area contributed by atoms with Crippen molar-refractivity contribution in [3.05, 3.63) is 41.4 Å². The fourth-order valence-electron chi connectivity index (χ4n) is 2.74. The van der Waals surface area contributed by atoms with Crippen LogP contribution < -0.4 is 4.74 Å². The Morgan fingerprint density at radius 3 is 2.70 bits per heavy atom. The van der Waals surface area contributed by atoms with E-state index in [2.05, 4.69) is 0 Å². The highest BCUT2D eigenvalue weighted by Gasteiger charge is 2.37. The molecule has 1 aromatic carbocycles. The highest BCUT2D eigenvalue weighted by molar-refractivity contribution is 6.30. The normalized spacial score (nSPS) is 20.0. The monoisotopic (exact) mass is 395 g/mol. The molecule has 148 valence electrons. The Bertz CT molecular complexity index is 698. The van der Waals surface area contributed by atoms with Crippen molar-refractivity contribution in [3.8, 4) is 5.75 Å². The molecule has 0 spiro atoms. The first-order valence-electron chi connectivity index (χ1n) is 8.94. The topological polar surface area (TPSA) is 65.1 Å². The zero-order chi connectivity index (χ0) is 20.0. The molecule has 1 aliphatic heterocycles. The molecule has 0 aliphatic carbocycles. The second-order valence-electron chi connectivity index (χ2n) is 7.24. The van der Waals surface area contributed by atoms with Crippen LogP contribution in [0.25, 0.3) is 0 Å². The lowest BCUT2D eigenvalue weighted by molar-refractivity contribution is -0.137. The minimum absolute atomic E-state index is 0.243. The van der Waals surface area contributed by atoms with Gasteiger partial charge < -0.3 is 14.2 Å². The molecule has 0 saturated carbocycles. The van der Waals surface area contributed by atoms with Gasteiger partial charge in [-0.2, -0.15) is 0 Å². The number of likely N-dealkylation sites (tertiary alicyclic amines) is 1. The summed E-state index contributed by atoms with van der Waals surface area (Å²) in [5.41, 5.74) is -0.613. The number of ether oxygens (including phenoxy) is 3. The fourth-order valence-corrected chi connectivity index (χ4v) is 2.92. The molecule has 2 atom stereocenters. The highest BCUT2D eigenvalue weighted by Crippen LogP contribution is 2.27. The van der Waals surface area contributed by atoms with Crippen molar-refractivity contribution in [2.75, 3.05) is 13.2 Å². The minimum Gasteiger partial charge on any atom is -0.488 e. The number of amides is 1. The van der Waals surface area contributed by atoms with E-state index in [0.717, 1.165) is 0 Å². The van der Waals surface area contributed by atoms with Crippen molar-refractivity contribution in [1.82, 2.24) is 4.90 Å². The van der Waals surface area contributed by atoms with Gasteiger partial charge in [0.2, 0.25) is 0 Å². The van der Waals surface area contributed by atoms with Gasteiger partial charge in [0.25, 0.3) is 0 Å². The van der Waals surface area contributed by atoms with E-state index in [1.807, 2.05) is 26.8 Å². The number of esters is 1. The first-order valence-corrected chi connectivity index (χ1v) is 9.32. The first-order chi connectivity index (χ1) is 12.7. The molecule has 0 radical (unpaired) electrons. The summed E-state index contributed by atoms with van der Waals surface area (Å²) in [6, 6.07) is 6.78. The largest absolute Gasteiger partial charge is 0.488 e. The van der Waals surface area contributed by atoms with E-state index in [4.69, 9.17) is 25.8 Å². The van der Waals surface area contributed by atoms with Crippen molar-refractivity contribution in [2.24, 2.45) is 0 Å². The Labute approximate surface area is 165 Å². The molecule has 0 N–H and O–H groups in total. The molecule has 0 unspecified atom stereocenters. The average molecular weight is 396 g/mol. The number of carbonyl (C=O) groups is 2. The molecule has 1 aliphatic rings. The Balaban J connectivity index is 2.12. The van der Waals surface area contributed by atoms with Crippen molar-refractivity contribution in [1.29, 1.82) is 0 Å². The van der Waals surface area contributed by atoms with E-state index >= 15 is 0 Å². The standard InChI is InChI=1S/C20H26ClNO5/c1-5-25-18(23)10-9-15-12-17(26-16-8-6-7-14(21)11-16)13-22(15)19(24)27-20(2,3)4/h6-11,15,17H,5,12-13H2,1-4H3/b10-9+/t15-,17-/m1/s1. The smallest absolute Gasteiger partial charge is 0.410 e.